The van der Waals surface area contributed by atoms with E-state index < -0.39 is 0 Å². The molecule has 2 aromatic carbocycles. The minimum atomic E-state index is -0.0919. The van der Waals surface area contributed by atoms with E-state index in [4.69, 9.17) is 21.9 Å². The van der Waals surface area contributed by atoms with E-state index in [0.29, 0.717) is 11.2 Å². The van der Waals surface area contributed by atoms with Gasteiger partial charge in [0.2, 0.25) is 0 Å². The molecule has 6 heteroatoms. The maximum absolute atomic E-state index is 6.22. The number of anilines is 1. The molecule has 1 aliphatic carbocycles. The molecular weight excluding hydrogens is 464 g/mol. The molecule has 1 N–H and O–H groups in total. The number of aryl methyl sites for hydroxylation is 1. The molecule has 0 bridgehead atoms. The molecule has 0 unspecified atom stereocenters. The number of ether oxygens (including phenoxy) is 1. The first-order valence-electron chi connectivity index (χ1n) is 12.7. The standard InChI is InChI=1S/C30H30N4OS/c1-21-9-2-5-13-26(21)33-20-8-14-27(33)29-28(25-12-6-7-19-31-25)32-30(36)34(29)22-15-17-24(18-16-22)35-23-10-3-4-11-23/h2,5-9,12-20,23,28-29H,3-4,10-11H2,1H3,(H,32,36)/t28-,29+/m1/s1. The van der Waals surface area contributed by atoms with Crippen LogP contribution in [0.25, 0.3) is 5.69 Å². The zero-order valence-electron chi connectivity index (χ0n) is 20.4. The lowest BCUT2D eigenvalue weighted by Crippen LogP contribution is -2.30. The predicted octanol–water partition coefficient (Wildman–Crippen LogP) is 6.68. The summed E-state index contributed by atoms with van der Waals surface area (Å²) in [6.45, 7) is 2.15. The summed E-state index contributed by atoms with van der Waals surface area (Å²) in [5.74, 6) is 0.921. The second kappa shape index (κ2) is 9.78. The van der Waals surface area contributed by atoms with Gasteiger partial charge in [-0.1, -0.05) is 24.3 Å². The van der Waals surface area contributed by atoms with Gasteiger partial charge in [0, 0.05) is 29.5 Å². The number of pyridine rings is 1. The summed E-state index contributed by atoms with van der Waals surface area (Å²) in [7, 11) is 0. The maximum atomic E-state index is 6.22. The number of rotatable bonds is 6. The average molecular weight is 495 g/mol. The van der Waals surface area contributed by atoms with Crippen molar-refractivity contribution in [1.82, 2.24) is 14.9 Å². The third kappa shape index (κ3) is 4.26. The Morgan fingerprint density at radius 3 is 2.44 bits per heavy atom. The van der Waals surface area contributed by atoms with E-state index in [1.54, 1.807) is 0 Å². The van der Waals surface area contributed by atoms with E-state index in [2.05, 4.69) is 94.6 Å². The highest BCUT2D eigenvalue weighted by Gasteiger charge is 2.42. The summed E-state index contributed by atoms with van der Waals surface area (Å²) in [6.07, 6.45) is 9.11. The van der Waals surface area contributed by atoms with Gasteiger partial charge in [0.25, 0.3) is 0 Å². The maximum Gasteiger partial charge on any atom is 0.174 e. The zero-order valence-corrected chi connectivity index (χ0v) is 21.2. The lowest BCUT2D eigenvalue weighted by molar-refractivity contribution is 0.210. The monoisotopic (exact) mass is 494 g/mol. The largest absolute Gasteiger partial charge is 0.490 e. The summed E-state index contributed by atoms with van der Waals surface area (Å²) in [5.41, 5.74) is 5.53. The number of nitrogens with zero attached hydrogens (tertiary/aromatic N) is 3. The Bertz CT molecular complexity index is 1340. The molecule has 2 fully saturated rings. The van der Waals surface area contributed by atoms with Gasteiger partial charge in [-0.05, 0) is 105 Å². The molecule has 2 atom stereocenters. The normalized spacial score (nSPS) is 20.0. The van der Waals surface area contributed by atoms with Crippen LogP contribution < -0.4 is 15.0 Å². The Morgan fingerprint density at radius 1 is 0.917 bits per heavy atom. The van der Waals surface area contributed by atoms with Crippen LogP contribution in [0, 0.1) is 6.92 Å². The Labute approximate surface area is 217 Å². The van der Waals surface area contributed by atoms with E-state index >= 15 is 0 Å². The number of hydrogen-bond donors (Lipinski definition) is 1. The molecule has 2 aliphatic rings. The van der Waals surface area contributed by atoms with E-state index in [-0.39, 0.29) is 12.1 Å². The number of benzene rings is 2. The van der Waals surface area contributed by atoms with Crippen molar-refractivity contribution in [2.24, 2.45) is 0 Å². The number of nitrogens with one attached hydrogen (secondary N) is 1. The van der Waals surface area contributed by atoms with Crippen LogP contribution in [0.4, 0.5) is 5.69 Å². The SMILES string of the molecule is Cc1ccccc1-n1cccc1[C@H]1[C@@H](c2ccccn2)NC(=S)N1c1ccc(OC2CCCC2)cc1. The lowest BCUT2D eigenvalue weighted by Gasteiger charge is -2.29. The first-order valence-corrected chi connectivity index (χ1v) is 13.1. The average Bonchev–Trinajstić information content (AvgIpc) is 3.66. The van der Waals surface area contributed by atoms with Gasteiger partial charge in [-0.3, -0.25) is 4.98 Å². The summed E-state index contributed by atoms with van der Waals surface area (Å²) in [6, 6.07) is 27.0. The van der Waals surface area contributed by atoms with E-state index in [9.17, 15) is 0 Å². The number of aromatic nitrogens is 2. The predicted molar refractivity (Wildman–Crippen MR) is 148 cm³/mol. The summed E-state index contributed by atoms with van der Waals surface area (Å²) in [4.78, 5) is 6.92. The smallest absolute Gasteiger partial charge is 0.174 e. The van der Waals surface area contributed by atoms with Crippen molar-refractivity contribution in [2.45, 2.75) is 50.8 Å². The first kappa shape index (κ1) is 22.8. The first-order chi connectivity index (χ1) is 17.7. The quantitative estimate of drug-likeness (QED) is 0.303. The molecule has 36 heavy (non-hydrogen) atoms. The third-order valence-electron chi connectivity index (χ3n) is 7.28. The van der Waals surface area contributed by atoms with Gasteiger partial charge in [0.05, 0.1) is 17.8 Å². The summed E-state index contributed by atoms with van der Waals surface area (Å²) < 4.78 is 8.49. The molecular formula is C30H30N4OS. The highest BCUT2D eigenvalue weighted by atomic mass is 32.1. The molecule has 182 valence electrons. The van der Waals surface area contributed by atoms with Crippen LogP contribution in [0.5, 0.6) is 5.75 Å². The van der Waals surface area contributed by atoms with E-state index in [0.717, 1.165) is 41.4 Å². The highest BCUT2D eigenvalue weighted by molar-refractivity contribution is 7.80. The van der Waals surface area contributed by atoms with Crippen LogP contribution in [0.2, 0.25) is 0 Å². The third-order valence-corrected chi connectivity index (χ3v) is 7.59. The molecule has 1 saturated carbocycles. The van der Waals surface area contributed by atoms with Crippen molar-refractivity contribution in [3.8, 4) is 11.4 Å². The molecule has 5 nitrogen and oxygen atoms in total. The van der Waals surface area contributed by atoms with Gasteiger partial charge in [0.1, 0.15) is 11.8 Å². The fourth-order valence-corrected chi connectivity index (χ4v) is 5.85. The molecule has 1 saturated heterocycles. The van der Waals surface area contributed by atoms with Crippen molar-refractivity contribution in [1.29, 1.82) is 0 Å². The molecule has 0 spiro atoms. The van der Waals surface area contributed by atoms with Crippen molar-refractivity contribution < 1.29 is 4.74 Å². The van der Waals surface area contributed by atoms with Gasteiger partial charge in [-0.15, -0.1) is 0 Å². The minimum Gasteiger partial charge on any atom is -0.490 e. The second-order valence-electron chi connectivity index (χ2n) is 9.60. The fraction of sp³-hybridized carbons (Fsp3) is 0.267. The molecule has 0 radical (unpaired) electrons. The second-order valence-corrected chi connectivity index (χ2v) is 9.99. The van der Waals surface area contributed by atoms with Crippen LogP contribution in [0.15, 0.2) is 91.3 Å². The molecule has 2 aromatic heterocycles. The van der Waals surface area contributed by atoms with Gasteiger partial charge in [-0.2, -0.15) is 0 Å². The molecule has 4 aromatic rings. The molecule has 1 aliphatic heterocycles. The van der Waals surface area contributed by atoms with Gasteiger partial charge >= 0.3 is 0 Å². The Kier molecular flexibility index (Phi) is 6.20. The number of thiocarbonyl (C=S) groups is 1. The Morgan fingerprint density at radius 2 is 1.69 bits per heavy atom. The summed E-state index contributed by atoms with van der Waals surface area (Å²) in [5, 5.41) is 4.27. The van der Waals surface area contributed by atoms with Crippen molar-refractivity contribution >= 4 is 23.0 Å². The number of hydrogen-bond acceptors (Lipinski definition) is 3. The molecule has 3 heterocycles. The highest BCUT2D eigenvalue weighted by Crippen LogP contribution is 2.42. The Balaban J connectivity index is 1.40. The van der Waals surface area contributed by atoms with E-state index in [1.807, 2.05) is 18.3 Å². The van der Waals surface area contributed by atoms with Crippen LogP contribution in [0.1, 0.15) is 54.7 Å². The topological polar surface area (TPSA) is 42.3 Å². The van der Waals surface area contributed by atoms with Crippen LogP contribution in [-0.4, -0.2) is 20.8 Å². The van der Waals surface area contributed by atoms with Gasteiger partial charge < -0.3 is 19.5 Å². The lowest BCUT2D eigenvalue weighted by atomic mass is 10.0. The zero-order chi connectivity index (χ0) is 24.5. The van der Waals surface area contributed by atoms with Gasteiger partial charge in [0.15, 0.2) is 5.11 Å². The Hall–Kier alpha value is -3.64. The number of para-hydroxylation sites is 1. The van der Waals surface area contributed by atoms with E-state index in [1.165, 1.54) is 18.4 Å². The van der Waals surface area contributed by atoms with Crippen LogP contribution in [-0.2, 0) is 0 Å². The molecule has 0 amide bonds. The fourth-order valence-electron chi connectivity index (χ4n) is 5.51. The van der Waals surface area contributed by atoms with Crippen molar-refractivity contribution in [3.05, 3.63) is 108 Å². The summed E-state index contributed by atoms with van der Waals surface area (Å²) >= 11 is 5.93. The minimum absolute atomic E-state index is 0.0800. The van der Waals surface area contributed by atoms with Gasteiger partial charge in [-0.25, -0.2) is 0 Å². The van der Waals surface area contributed by atoms with Crippen molar-refractivity contribution in [3.63, 3.8) is 0 Å². The molecule has 6 rings (SSSR count). The van der Waals surface area contributed by atoms with Crippen LogP contribution >= 0.6 is 12.2 Å². The van der Waals surface area contributed by atoms with Crippen LogP contribution in [0.3, 0.4) is 0 Å². The van der Waals surface area contributed by atoms with Crippen molar-refractivity contribution in [2.75, 3.05) is 4.90 Å².